The molecule has 0 fully saturated rings. The Labute approximate surface area is 119 Å². The van der Waals surface area contributed by atoms with E-state index >= 15 is 0 Å². The first-order valence-electron chi connectivity index (χ1n) is 5.63. The molecule has 3 aromatic rings. The summed E-state index contributed by atoms with van der Waals surface area (Å²) in [7, 11) is 0. The first-order chi connectivity index (χ1) is 9.17. The minimum atomic E-state index is -0.0317. The van der Waals surface area contributed by atoms with Gasteiger partial charge in [-0.2, -0.15) is 0 Å². The van der Waals surface area contributed by atoms with Crippen molar-refractivity contribution in [2.24, 2.45) is 0 Å². The molecule has 0 aliphatic rings. The van der Waals surface area contributed by atoms with Gasteiger partial charge in [0.2, 0.25) is 5.89 Å². The summed E-state index contributed by atoms with van der Waals surface area (Å²) in [5.41, 5.74) is 2.75. The van der Waals surface area contributed by atoms with E-state index in [0.29, 0.717) is 32.6 Å². The van der Waals surface area contributed by atoms with Crippen LogP contribution in [-0.2, 0) is 6.61 Å². The van der Waals surface area contributed by atoms with E-state index in [0.717, 1.165) is 5.56 Å². The molecule has 2 aromatic carbocycles. The molecule has 0 saturated carbocycles. The average Bonchev–Trinajstić information content (AvgIpc) is 2.83. The van der Waals surface area contributed by atoms with Crippen LogP contribution in [0.15, 0.2) is 40.8 Å². The minimum Gasteiger partial charge on any atom is -0.436 e. The van der Waals surface area contributed by atoms with Crippen LogP contribution in [0, 0.1) is 0 Å². The monoisotopic (exact) mass is 293 g/mol. The fourth-order valence-electron chi connectivity index (χ4n) is 1.85. The van der Waals surface area contributed by atoms with Gasteiger partial charge in [0.1, 0.15) is 5.52 Å². The van der Waals surface area contributed by atoms with Gasteiger partial charge < -0.3 is 9.52 Å². The molecule has 0 amide bonds. The molecule has 0 radical (unpaired) electrons. The van der Waals surface area contributed by atoms with Gasteiger partial charge in [-0.25, -0.2) is 4.98 Å². The summed E-state index contributed by atoms with van der Waals surface area (Å²) in [6.07, 6.45) is 0. The molecule has 1 N–H and O–H groups in total. The number of aliphatic hydroxyl groups excluding tert-OH is 1. The second-order valence-electron chi connectivity index (χ2n) is 4.10. The van der Waals surface area contributed by atoms with Crippen LogP contribution < -0.4 is 0 Å². The molecule has 0 bridgehead atoms. The van der Waals surface area contributed by atoms with Gasteiger partial charge >= 0.3 is 0 Å². The Kier molecular flexibility index (Phi) is 3.19. The van der Waals surface area contributed by atoms with Crippen molar-refractivity contribution in [2.45, 2.75) is 6.61 Å². The SMILES string of the molecule is OCc1ccc2oc(-c3cc(Cl)ccc3Cl)nc2c1. The van der Waals surface area contributed by atoms with Gasteiger partial charge in [0.15, 0.2) is 5.58 Å². The summed E-state index contributed by atoms with van der Waals surface area (Å²) in [4.78, 5) is 4.37. The van der Waals surface area contributed by atoms with Crippen molar-refractivity contribution in [2.75, 3.05) is 0 Å². The van der Waals surface area contributed by atoms with Crippen molar-refractivity contribution in [3.63, 3.8) is 0 Å². The maximum absolute atomic E-state index is 9.10. The van der Waals surface area contributed by atoms with Crippen LogP contribution in [0.25, 0.3) is 22.6 Å². The van der Waals surface area contributed by atoms with E-state index in [-0.39, 0.29) is 6.61 Å². The lowest BCUT2D eigenvalue weighted by molar-refractivity contribution is 0.282. The molecular formula is C14H9Cl2NO2. The number of aliphatic hydroxyl groups is 1. The van der Waals surface area contributed by atoms with Crippen LogP contribution in [0.4, 0.5) is 0 Å². The Balaban J connectivity index is 2.17. The topological polar surface area (TPSA) is 46.3 Å². The third kappa shape index (κ3) is 2.32. The molecule has 19 heavy (non-hydrogen) atoms. The molecule has 1 aromatic heterocycles. The Hall–Kier alpha value is -1.55. The maximum atomic E-state index is 9.10. The highest BCUT2D eigenvalue weighted by molar-refractivity contribution is 6.35. The van der Waals surface area contributed by atoms with Crippen LogP contribution >= 0.6 is 23.2 Å². The minimum absolute atomic E-state index is 0.0317. The highest BCUT2D eigenvalue weighted by Crippen LogP contribution is 2.32. The number of hydrogen-bond donors (Lipinski definition) is 1. The average molecular weight is 294 g/mol. The van der Waals surface area contributed by atoms with Crippen LogP contribution in [0.5, 0.6) is 0 Å². The number of hydrogen-bond acceptors (Lipinski definition) is 3. The fraction of sp³-hybridized carbons (Fsp3) is 0.0714. The Morgan fingerprint density at radius 1 is 1.11 bits per heavy atom. The molecule has 0 spiro atoms. The van der Waals surface area contributed by atoms with E-state index in [2.05, 4.69) is 4.98 Å². The summed E-state index contributed by atoms with van der Waals surface area (Å²) in [5, 5.41) is 10.2. The number of fused-ring (bicyclic) bond motifs is 1. The third-order valence-electron chi connectivity index (χ3n) is 2.79. The number of halogens is 2. The highest BCUT2D eigenvalue weighted by atomic mass is 35.5. The summed E-state index contributed by atoms with van der Waals surface area (Å²) >= 11 is 12.1. The van der Waals surface area contributed by atoms with E-state index in [1.165, 1.54) is 0 Å². The normalized spacial score (nSPS) is 11.1. The molecule has 0 unspecified atom stereocenters. The Bertz CT molecular complexity index is 752. The van der Waals surface area contributed by atoms with E-state index in [9.17, 15) is 0 Å². The van der Waals surface area contributed by atoms with Crippen molar-refractivity contribution in [3.8, 4) is 11.5 Å². The zero-order chi connectivity index (χ0) is 13.4. The number of rotatable bonds is 2. The van der Waals surface area contributed by atoms with E-state index in [4.69, 9.17) is 32.7 Å². The Morgan fingerprint density at radius 2 is 1.95 bits per heavy atom. The van der Waals surface area contributed by atoms with Crippen LogP contribution in [-0.4, -0.2) is 10.1 Å². The van der Waals surface area contributed by atoms with Gasteiger partial charge in [0.05, 0.1) is 17.2 Å². The predicted molar refractivity (Wildman–Crippen MR) is 75.4 cm³/mol. The fourth-order valence-corrected chi connectivity index (χ4v) is 2.22. The quantitative estimate of drug-likeness (QED) is 0.766. The van der Waals surface area contributed by atoms with Crippen LogP contribution in [0.1, 0.15) is 5.56 Å². The van der Waals surface area contributed by atoms with Gasteiger partial charge in [-0.15, -0.1) is 0 Å². The van der Waals surface area contributed by atoms with Crippen molar-refractivity contribution >= 4 is 34.3 Å². The van der Waals surface area contributed by atoms with Gasteiger partial charge in [-0.3, -0.25) is 0 Å². The van der Waals surface area contributed by atoms with Crippen molar-refractivity contribution < 1.29 is 9.52 Å². The summed E-state index contributed by atoms with van der Waals surface area (Å²) in [6, 6.07) is 10.5. The molecule has 1 heterocycles. The second-order valence-corrected chi connectivity index (χ2v) is 4.95. The third-order valence-corrected chi connectivity index (χ3v) is 3.36. The Morgan fingerprint density at radius 3 is 2.74 bits per heavy atom. The number of benzene rings is 2. The molecule has 3 rings (SSSR count). The summed E-state index contributed by atoms with van der Waals surface area (Å²) in [6.45, 7) is -0.0317. The van der Waals surface area contributed by atoms with Gasteiger partial charge in [0.25, 0.3) is 0 Å². The van der Waals surface area contributed by atoms with E-state index in [1.807, 2.05) is 0 Å². The molecule has 0 saturated heterocycles. The summed E-state index contributed by atoms with van der Waals surface area (Å²) in [5.74, 6) is 0.414. The van der Waals surface area contributed by atoms with E-state index < -0.39 is 0 Å². The highest BCUT2D eigenvalue weighted by Gasteiger charge is 2.12. The zero-order valence-corrected chi connectivity index (χ0v) is 11.2. The number of aromatic nitrogens is 1. The van der Waals surface area contributed by atoms with Gasteiger partial charge in [0, 0.05) is 5.02 Å². The lowest BCUT2D eigenvalue weighted by Crippen LogP contribution is -1.81. The van der Waals surface area contributed by atoms with Crippen molar-refractivity contribution in [3.05, 3.63) is 52.0 Å². The van der Waals surface area contributed by atoms with Crippen molar-refractivity contribution in [1.82, 2.24) is 4.98 Å². The predicted octanol–water partition coefficient (Wildman–Crippen LogP) is 4.29. The smallest absolute Gasteiger partial charge is 0.228 e. The maximum Gasteiger partial charge on any atom is 0.228 e. The lowest BCUT2D eigenvalue weighted by Gasteiger charge is -1.99. The van der Waals surface area contributed by atoms with Gasteiger partial charge in [-0.1, -0.05) is 29.3 Å². The molecule has 5 heteroatoms. The number of oxazole rings is 1. The molecule has 96 valence electrons. The molecule has 0 atom stereocenters. The largest absolute Gasteiger partial charge is 0.436 e. The standard InChI is InChI=1S/C14H9Cl2NO2/c15-9-2-3-11(16)10(6-9)14-17-12-5-8(7-18)1-4-13(12)19-14/h1-6,18H,7H2. The molecular weight excluding hydrogens is 285 g/mol. The first-order valence-corrected chi connectivity index (χ1v) is 6.39. The first kappa shape index (κ1) is 12.5. The number of nitrogens with zero attached hydrogens (tertiary/aromatic N) is 1. The van der Waals surface area contributed by atoms with Crippen molar-refractivity contribution in [1.29, 1.82) is 0 Å². The lowest BCUT2D eigenvalue weighted by atomic mass is 10.2. The zero-order valence-electron chi connectivity index (χ0n) is 9.73. The van der Waals surface area contributed by atoms with E-state index in [1.54, 1.807) is 36.4 Å². The van der Waals surface area contributed by atoms with Crippen LogP contribution in [0.3, 0.4) is 0 Å². The molecule has 0 aliphatic heterocycles. The molecule has 0 aliphatic carbocycles. The second kappa shape index (κ2) is 4.85. The molecule has 3 nitrogen and oxygen atoms in total. The van der Waals surface area contributed by atoms with Gasteiger partial charge in [-0.05, 0) is 35.9 Å². The van der Waals surface area contributed by atoms with Crippen LogP contribution in [0.2, 0.25) is 10.0 Å². The summed E-state index contributed by atoms with van der Waals surface area (Å²) < 4.78 is 5.65.